The Hall–Kier alpha value is -2.57. The van der Waals surface area contributed by atoms with Gasteiger partial charge in [0.2, 0.25) is 0 Å². The Morgan fingerprint density at radius 3 is 2.84 bits per heavy atom. The minimum absolute atomic E-state index is 0.0131. The van der Waals surface area contributed by atoms with Gasteiger partial charge in [0.1, 0.15) is 18.4 Å². The summed E-state index contributed by atoms with van der Waals surface area (Å²) in [5.41, 5.74) is -0.368. The number of phosphoric acid groups is 1. The van der Waals surface area contributed by atoms with E-state index in [4.69, 9.17) is 41.5 Å². The van der Waals surface area contributed by atoms with E-state index in [0.717, 1.165) is 4.57 Å². The maximum atomic E-state index is 13.8. The minimum atomic E-state index is -4.40. The van der Waals surface area contributed by atoms with Crippen molar-refractivity contribution in [2.24, 2.45) is 0 Å². The number of aromatic nitrogens is 4. The number of aryl methyl sites for hydroxylation is 1. The number of aliphatic hydroxyl groups excluding tert-OH is 1. The molecule has 37 heavy (non-hydrogen) atoms. The highest BCUT2D eigenvalue weighted by Gasteiger charge is 2.44. The summed E-state index contributed by atoms with van der Waals surface area (Å²) in [5.74, 6) is -0.0412. The molecule has 3 heterocycles. The largest absolute Gasteiger partial charge is 0.530 e. The number of benzene rings is 1. The van der Waals surface area contributed by atoms with Crippen molar-refractivity contribution in [2.45, 2.75) is 38.2 Å². The summed E-state index contributed by atoms with van der Waals surface area (Å²) >= 11 is 12.2. The number of H-pyrrole nitrogens is 1. The van der Waals surface area contributed by atoms with Gasteiger partial charge in [-0.15, -0.1) is 0 Å². The molecule has 15 heteroatoms. The number of aliphatic hydroxyl groups is 1. The lowest BCUT2D eigenvalue weighted by Crippen LogP contribution is -2.33. The van der Waals surface area contributed by atoms with Gasteiger partial charge in [-0.3, -0.25) is 33.4 Å². The van der Waals surface area contributed by atoms with Crippen LogP contribution >= 0.6 is 31.0 Å². The number of aromatic amines is 1. The molecule has 1 aliphatic heterocycles. The zero-order chi connectivity index (χ0) is 26.6. The van der Waals surface area contributed by atoms with E-state index in [1.165, 1.54) is 49.9 Å². The minimum Gasteiger partial charge on any atom is -0.402 e. The van der Waals surface area contributed by atoms with Crippen LogP contribution in [0.15, 0.2) is 52.6 Å². The Bertz CT molecular complexity index is 1400. The zero-order valence-electron chi connectivity index (χ0n) is 19.5. The second-order valence-electron chi connectivity index (χ2n) is 8.06. The van der Waals surface area contributed by atoms with E-state index in [1.54, 1.807) is 0 Å². The van der Waals surface area contributed by atoms with Crippen molar-refractivity contribution in [2.75, 3.05) is 13.2 Å². The third-order valence-electron chi connectivity index (χ3n) is 5.41. The maximum Gasteiger partial charge on any atom is 0.530 e. The first-order valence-electron chi connectivity index (χ1n) is 11.1. The molecule has 12 nitrogen and oxygen atoms in total. The van der Waals surface area contributed by atoms with Crippen LogP contribution in [0.1, 0.15) is 23.9 Å². The standard InChI is InChI=1S/C22H23Cl2N4O8P/c1-13-11-28(22(31)27-21(13)30)20-9-18(19(12-29)34-20)36-37(32,33-7-4-15-10-25-5-6-26-15)35-17-8-14(23)2-3-16(17)24/h2-3,5-6,8,10-11,18-20,29H,4,7,9,12H2,1H3,(H,27,30,31)/t18-,19+,20+,37?/m0/s1. The van der Waals surface area contributed by atoms with Gasteiger partial charge in [-0.2, -0.15) is 0 Å². The monoisotopic (exact) mass is 572 g/mol. The van der Waals surface area contributed by atoms with Crippen molar-refractivity contribution in [3.63, 3.8) is 0 Å². The summed E-state index contributed by atoms with van der Waals surface area (Å²) in [5, 5.41) is 10.3. The summed E-state index contributed by atoms with van der Waals surface area (Å²) in [6, 6.07) is 4.34. The molecule has 0 saturated carbocycles. The summed E-state index contributed by atoms with van der Waals surface area (Å²) in [6.07, 6.45) is 3.20. The number of hydrogen-bond acceptors (Lipinski definition) is 10. The average Bonchev–Trinajstić information content (AvgIpc) is 3.26. The molecule has 1 fully saturated rings. The van der Waals surface area contributed by atoms with Crippen molar-refractivity contribution >= 4 is 31.0 Å². The lowest BCUT2D eigenvalue weighted by Gasteiger charge is -2.24. The molecule has 3 aromatic rings. The summed E-state index contributed by atoms with van der Waals surface area (Å²) < 4.78 is 37.7. The molecule has 198 valence electrons. The van der Waals surface area contributed by atoms with E-state index in [1.807, 2.05) is 0 Å². The van der Waals surface area contributed by atoms with Gasteiger partial charge < -0.3 is 14.4 Å². The van der Waals surface area contributed by atoms with E-state index in [2.05, 4.69) is 15.0 Å². The first kappa shape index (κ1) is 27.5. The number of ether oxygens (including phenoxy) is 1. The van der Waals surface area contributed by atoms with Crippen LogP contribution in [0.4, 0.5) is 0 Å². The fraction of sp³-hybridized carbons (Fsp3) is 0.364. The number of hydrogen-bond donors (Lipinski definition) is 2. The second kappa shape index (κ2) is 11.9. The summed E-state index contributed by atoms with van der Waals surface area (Å²) in [7, 11) is -4.40. The van der Waals surface area contributed by atoms with Crippen LogP contribution in [0.25, 0.3) is 0 Å². The average molecular weight is 573 g/mol. The van der Waals surface area contributed by atoms with Crippen molar-refractivity contribution in [3.8, 4) is 5.75 Å². The molecule has 0 radical (unpaired) electrons. The lowest BCUT2D eigenvalue weighted by atomic mass is 10.2. The molecule has 4 atom stereocenters. The molecule has 1 aromatic carbocycles. The second-order valence-corrected chi connectivity index (χ2v) is 10.5. The van der Waals surface area contributed by atoms with Crippen LogP contribution in [-0.2, 0) is 24.8 Å². The van der Waals surface area contributed by atoms with E-state index in [0.29, 0.717) is 5.69 Å². The van der Waals surface area contributed by atoms with E-state index >= 15 is 0 Å². The number of rotatable bonds is 10. The predicted molar refractivity (Wildman–Crippen MR) is 133 cm³/mol. The van der Waals surface area contributed by atoms with Crippen LogP contribution in [0.2, 0.25) is 10.0 Å². The van der Waals surface area contributed by atoms with Gasteiger partial charge in [0.15, 0.2) is 5.75 Å². The van der Waals surface area contributed by atoms with Crippen molar-refractivity contribution < 1.29 is 28.0 Å². The normalized spacial score (nSPS) is 21.0. The number of phosphoric ester groups is 1. The zero-order valence-corrected chi connectivity index (χ0v) is 21.9. The highest BCUT2D eigenvalue weighted by Crippen LogP contribution is 2.54. The first-order valence-corrected chi connectivity index (χ1v) is 13.3. The molecule has 0 aliphatic carbocycles. The van der Waals surface area contributed by atoms with Gasteiger partial charge in [-0.05, 0) is 19.1 Å². The maximum absolute atomic E-state index is 13.8. The number of nitrogens with one attached hydrogen (secondary N) is 1. The fourth-order valence-electron chi connectivity index (χ4n) is 3.58. The van der Waals surface area contributed by atoms with E-state index in [-0.39, 0.29) is 40.8 Å². The number of halogens is 2. The lowest BCUT2D eigenvalue weighted by molar-refractivity contribution is -0.0460. The van der Waals surface area contributed by atoms with Crippen LogP contribution in [0, 0.1) is 6.92 Å². The Morgan fingerprint density at radius 1 is 1.30 bits per heavy atom. The Labute approximate surface area is 220 Å². The van der Waals surface area contributed by atoms with Crippen molar-refractivity contribution in [3.05, 3.63) is 85.1 Å². The van der Waals surface area contributed by atoms with Gasteiger partial charge in [-0.25, -0.2) is 9.36 Å². The molecule has 0 bridgehead atoms. The topological polar surface area (TPSA) is 155 Å². The van der Waals surface area contributed by atoms with Crippen LogP contribution in [0.5, 0.6) is 5.75 Å². The smallest absolute Gasteiger partial charge is 0.402 e. The van der Waals surface area contributed by atoms with Gasteiger partial charge >= 0.3 is 13.5 Å². The molecular weight excluding hydrogens is 550 g/mol. The van der Waals surface area contributed by atoms with E-state index < -0.39 is 44.1 Å². The fourth-order valence-corrected chi connectivity index (χ4v) is 5.37. The number of nitrogens with zero attached hydrogens (tertiary/aromatic N) is 3. The third-order valence-corrected chi connectivity index (χ3v) is 7.40. The molecule has 0 amide bonds. The molecule has 4 rings (SSSR count). The first-order chi connectivity index (χ1) is 17.7. The van der Waals surface area contributed by atoms with Gasteiger partial charge in [0, 0.05) is 54.3 Å². The quantitative estimate of drug-likeness (QED) is 0.346. The van der Waals surface area contributed by atoms with Crippen molar-refractivity contribution in [1.29, 1.82) is 0 Å². The van der Waals surface area contributed by atoms with Gasteiger partial charge in [0.05, 0.1) is 23.9 Å². The Kier molecular flexibility index (Phi) is 8.81. The third kappa shape index (κ3) is 6.85. The van der Waals surface area contributed by atoms with Crippen molar-refractivity contribution in [1.82, 2.24) is 19.5 Å². The molecule has 0 spiro atoms. The SMILES string of the molecule is Cc1cn([C@H]2C[C@H](OP(=O)(OCCc3cnccn3)Oc3cc(Cl)ccc3Cl)[C@@H](CO)O2)c(=O)[nH]c1=O. The van der Waals surface area contributed by atoms with Crippen LogP contribution in [0.3, 0.4) is 0 Å². The summed E-state index contributed by atoms with van der Waals surface area (Å²) in [4.78, 5) is 34.4. The van der Waals surface area contributed by atoms with Crippen LogP contribution < -0.4 is 15.8 Å². The van der Waals surface area contributed by atoms with Gasteiger partial charge in [0.25, 0.3) is 5.56 Å². The van der Waals surface area contributed by atoms with E-state index in [9.17, 15) is 19.3 Å². The molecule has 1 aliphatic rings. The van der Waals surface area contributed by atoms with Crippen LogP contribution in [-0.4, -0.2) is 50.0 Å². The molecule has 2 aromatic heterocycles. The summed E-state index contributed by atoms with van der Waals surface area (Å²) in [6.45, 7) is 0.895. The molecule has 2 N–H and O–H groups in total. The molecule has 1 unspecified atom stereocenters. The van der Waals surface area contributed by atoms with Gasteiger partial charge in [-0.1, -0.05) is 23.2 Å². The predicted octanol–water partition coefficient (Wildman–Crippen LogP) is 3.05. The highest BCUT2D eigenvalue weighted by atomic mass is 35.5. The Balaban J connectivity index is 1.57. The Morgan fingerprint density at radius 2 is 2.11 bits per heavy atom. The highest BCUT2D eigenvalue weighted by molar-refractivity contribution is 7.49. The molecular formula is C22H23Cl2N4O8P. The molecule has 1 saturated heterocycles.